The van der Waals surface area contributed by atoms with Gasteiger partial charge in [-0.05, 0) is 29.9 Å². The Morgan fingerprint density at radius 1 is 1.40 bits per heavy atom. The SMILES string of the molecule is CC(C)(C)[C@@]12C[C@@H]1CN(C(=O)O)[C@H]2c1cc(-c2cccc(Cl)c2)on1. The smallest absolute Gasteiger partial charge is 0.407 e. The van der Waals surface area contributed by atoms with Crippen LogP contribution in [0.25, 0.3) is 11.3 Å². The number of hydrogen-bond acceptors (Lipinski definition) is 3. The van der Waals surface area contributed by atoms with Crippen molar-refractivity contribution in [3.8, 4) is 11.3 Å². The third-order valence-corrected chi connectivity index (χ3v) is 6.16. The van der Waals surface area contributed by atoms with Crippen molar-refractivity contribution >= 4 is 17.7 Å². The van der Waals surface area contributed by atoms with E-state index in [1.165, 1.54) is 4.90 Å². The fourth-order valence-electron chi connectivity index (χ4n) is 4.67. The van der Waals surface area contributed by atoms with Crippen LogP contribution in [0.2, 0.25) is 5.02 Å². The number of fused-ring (bicyclic) bond motifs is 1. The molecule has 1 aliphatic carbocycles. The van der Waals surface area contributed by atoms with Crippen LogP contribution in [0.3, 0.4) is 0 Å². The molecule has 0 bridgehead atoms. The van der Waals surface area contributed by atoms with E-state index in [4.69, 9.17) is 16.1 Å². The normalized spacial score (nSPS) is 28.1. The Morgan fingerprint density at radius 2 is 2.16 bits per heavy atom. The molecule has 5 nitrogen and oxygen atoms in total. The average Bonchev–Trinajstić information content (AvgIpc) is 2.92. The van der Waals surface area contributed by atoms with Crippen LogP contribution in [0.4, 0.5) is 4.79 Å². The maximum absolute atomic E-state index is 11.8. The summed E-state index contributed by atoms with van der Waals surface area (Å²) in [7, 11) is 0. The van der Waals surface area contributed by atoms with E-state index in [1.54, 1.807) is 6.07 Å². The first kappa shape index (κ1) is 16.5. The van der Waals surface area contributed by atoms with Crippen molar-refractivity contribution < 1.29 is 14.4 Å². The van der Waals surface area contributed by atoms with Gasteiger partial charge in [-0.15, -0.1) is 0 Å². The maximum atomic E-state index is 11.8. The summed E-state index contributed by atoms with van der Waals surface area (Å²) in [6, 6.07) is 8.96. The fourth-order valence-corrected chi connectivity index (χ4v) is 4.86. The number of benzene rings is 1. The zero-order chi connectivity index (χ0) is 18.0. The number of amides is 1. The van der Waals surface area contributed by atoms with E-state index in [0.29, 0.717) is 28.9 Å². The monoisotopic (exact) mass is 360 g/mol. The lowest BCUT2D eigenvalue weighted by molar-refractivity contribution is 0.0844. The van der Waals surface area contributed by atoms with Crippen molar-refractivity contribution in [1.29, 1.82) is 0 Å². The van der Waals surface area contributed by atoms with E-state index in [2.05, 4.69) is 25.9 Å². The first-order chi connectivity index (χ1) is 11.7. The minimum Gasteiger partial charge on any atom is -0.465 e. The van der Waals surface area contributed by atoms with E-state index in [9.17, 15) is 9.90 Å². The Bertz CT molecular complexity index is 841. The number of likely N-dealkylation sites (tertiary alicyclic amines) is 1. The molecular formula is C19H21ClN2O3. The molecule has 1 aliphatic heterocycles. The lowest BCUT2D eigenvalue weighted by Crippen LogP contribution is -2.38. The van der Waals surface area contributed by atoms with Crippen LogP contribution in [0.15, 0.2) is 34.9 Å². The molecule has 1 amide bonds. The number of nitrogens with zero attached hydrogens (tertiary/aromatic N) is 2. The molecule has 6 heteroatoms. The maximum Gasteiger partial charge on any atom is 0.407 e. The number of halogens is 1. The standard InChI is InChI=1S/C19H21ClN2O3/c1-18(2,3)19-9-12(19)10-22(17(23)24)16(19)14-8-15(25-21-14)11-5-4-6-13(20)7-11/h4-8,12,16H,9-10H2,1-3H3,(H,23,24)/t12-,16+,19+/m1/s1. The van der Waals surface area contributed by atoms with Crippen molar-refractivity contribution in [3.63, 3.8) is 0 Å². The molecule has 1 aromatic heterocycles. The molecule has 132 valence electrons. The van der Waals surface area contributed by atoms with Gasteiger partial charge in [-0.2, -0.15) is 0 Å². The van der Waals surface area contributed by atoms with Crippen molar-refractivity contribution in [2.24, 2.45) is 16.7 Å². The molecular weight excluding hydrogens is 340 g/mol. The number of aromatic nitrogens is 1. The molecule has 2 aromatic rings. The van der Waals surface area contributed by atoms with Gasteiger partial charge < -0.3 is 9.63 Å². The van der Waals surface area contributed by atoms with Crippen LogP contribution in [-0.4, -0.2) is 27.8 Å². The van der Waals surface area contributed by atoms with Gasteiger partial charge in [0, 0.05) is 28.6 Å². The Hall–Kier alpha value is -2.01. The molecule has 4 rings (SSSR count). The van der Waals surface area contributed by atoms with Crippen LogP contribution in [0, 0.1) is 16.7 Å². The van der Waals surface area contributed by atoms with E-state index in [1.807, 2.05) is 24.3 Å². The van der Waals surface area contributed by atoms with Gasteiger partial charge in [0.15, 0.2) is 5.76 Å². The molecule has 2 aliphatic rings. The summed E-state index contributed by atoms with van der Waals surface area (Å²) in [6.07, 6.45) is 0.137. The van der Waals surface area contributed by atoms with Crippen LogP contribution in [0.1, 0.15) is 38.9 Å². The van der Waals surface area contributed by atoms with E-state index >= 15 is 0 Å². The molecule has 0 spiro atoms. The van der Waals surface area contributed by atoms with E-state index in [0.717, 1.165) is 12.0 Å². The first-order valence-corrected chi connectivity index (χ1v) is 8.84. The summed E-state index contributed by atoms with van der Waals surface area (Å²) < 4.78 is 5.54. The number of hydrogen-bond donors (Lipinski definition) is 1. The zero-order valence-corrected chi connectivity index (χ0v) is 15.2. The lowest BCUT2D eigenvalue weighted by atomic mass is 9.71. The molecule has 1 saturated carbocycles. The van der Waals surface area contributed by atoms with Crippen molar-refractivity contribution in [2.45, 2.75) is 33.2 Å². The van der Waals surface area contributed by atoms with Crippen molar-refractivity contribution in [3.05, 3.63) is 41.0 Å². The summed E-state index contributed by atoms with van der Waals surface area (Å²) in [4.78, 5) is 13.3. The Morgan fingerprint density at radius 3 is 2.80 bits per heavy atom. The quantitative estimate of drug-likeness (QED) is 0.810. The van der Waals surface area contributed by atoms with Gasteiger partial charge >= 0.3 is 6.09 Å². The highest BCUT2D eigenvalue weighted by molar-refractivity contribution is 6.30. The predicted octanol–water partition coefficient (Wildman–Crippen LogP) is 5.08. The highest BCUT2D eigenvalue weighted by atomic mass is 35.5. The molecule has 2 heterocycles. The van der Waals surface area contributed by atoms with Gasteiger partial charge in [-0.3, -0.25) is 4.90 Å². The van der Waals surface area contributed by atoms with Crippen LogP contribution < -0.4 is 0 Å². The molecule has 2 fully saturated rings. The second kappa shape index (κ2) is 5.24. The Kier molecular flexibility index (Phi) is 3.45. The molecule has 3 atom stereocenters. The van der Waals surface area contributed by atoms with Gasteiger partial charge in [0.05, 0.1) is 6.04 Å². The third kappa shape index (κ3) is 2.36. The van der Waals surface area contributed by atoms with Gasteiger partial charge in [0.2, 0.25) is 0 Å². The lowest BCUT2D eigenvalue weighted by Gasteiger charge is -2.37. The molecule has 0 radical (unpaired) electrons. The summed E-state index contributed by atoms with van der Waals surface area (Å²) in [5, 5.41) is 14.5. The average molecular weight is 361 g/mol. The molecule has 1 N–H and O–H groups in total. The third-order valence-electron chi connectivity index (χ3n) is 5.93. The largest absolute Gasteiger partial charge is 0.465 e. The molecule has 1 saturated heterocycles. The highest BCUT2D eigenvalue weighted by Gasteiger charge is 2.72. The van der Waals surface area contributed by atoms with E-state index in [-0.39, 0.29) is 16.9 Å². The summed E-state index contributed by atoms with van der Waals surface area (Å²) >= 11 is 6.06. The number of carbonyl (C=O) groups is 1. The summed E-state index contributed by atoms with van der Waals surface area (Å²) in [5.41, 5.74) is 1.44. The van der Waals surface area contributed by atoms with Crippen LogP contribution >= 0.6 is 11.6 Å². The minimum absolute atomic E-state index is 0.0122. The van der Waals surface area contributed by atoms with Crippen LogP contribution in [-0.2, 0) is 0 Å². The van der Waals surface area contributed by atoms with E-state index < -0.39 is 6.09 Å². The summed E-state index contributed by atoms with van der Waals surface area (Å²) in [5.74, 6) is 0.996. The second-order valence-electron chi connectivity index (χ2n) is 8.16. The van der Waals surface area contributed by atoms with Crippen molar-refractivity contribution in [1.82, 2.24) is 10.1 Å². The van der Waals surface area contributed by atoms with Gasteiger partial charge in [-0.25, -0.2) is 4.79 Å². The second-order valence-corrected chi connectivity index (χ2v) is 8.59. The van der Waals surface area contributed by atoms with Gasteiger partial charge in [0.25, 0.3) is 0 Å². The number of carboxylic acid groups (broad SMARTS) is 1. The molecule has 25 heavy (non-hydrogen) atoms. The fraction of sp³-hybridized carbons (Fsp3) is 0.474. The number of rotatable bonds is 2. The Balaban J connectivity index is 1.75. The Labute approximate surface area is 151 Å². The van der Waals surface area contributed by atoms with Crippen molar-refractivity contribution in [2.75, 3.05) is 6.54 Å². The predicted molar refractivity (Wildman–Crippen MR) is 94.4 cm³/mol. The van der Waals surface area contributed by atoms with Crippen LogP contribution in [0.5, 0.6) is 0 Å². The number of piperidine rings is 1. The zero-order valence-electron chi connectivity index (χ0n) is 14.5. The minimum atomic E-state index is -0.895. The molecule has 1 aromatic carbocycles. The van der Waals surface area contributed by atoms with Gasteiger partial charge in [0.1, 0.15) is 5.69 Å². The van der Waals surface area contributed by atoms with Gasteiger partial charge in [-0.1, -0.05) is 49.7 Å². The molecule has 0 unspecified atom stereocenters. The summed E-state index contributed by atoms with van der Waals surface area (Å²) in [6.45, 7) is 7.12. The highest BCUT2D eigenvalue weighted by Crippen LogP contribution is 2.74. The topological polar surface area (TPSA) is 66.6 Å². The first-order valence-electron chi connectivity index (χ1n) is 8.46.